The first kappa shape index (κ1) is 26.8. The molecule has 1 aliphatic heterocycles. The van der Waals surface area contributed by atoms with E-state index in [1.807, 2.05) is 54.8 Å². The van der Waals surface area contributed by atoms with E-state index < -0.39 is 24.5 Å². The van der Waals surface area contributed by atoms with Gasteiger partial charge in [0.2, 0.25) is 0 Å². The molecule has 2 heterocycles. The fourth-order valence-electron chi connectivity index (χ4n) is 4.01. The standard InChI is InChI=1S/C28H26N4O7/c1-17-12-19(18(2)32(17)22-5-7-23(36-3)8-6-22)13-20(15-29)27(34)39-16-26(33)31-28(35)30-21-4-9-24-25(14-21)38-11-10-37-24/h4-9,12-14H,10-11,16H2,1-3H3,(H2,30,31,33,35)/b20-13+. The van der Waals surface area contributed by atoms with Crippen molar-refractivity contribution in [2.45, 2.75) is 13.8 Å². The second-order valence-electron chi connectivity index (χ2n) is 8.47. The normalized spacial score (nSPS) is 12.2. The number of urea groups is 1. The van der Waals surface area contributed by atoms with Crippen molar-refractivity contribution >= 4 is 29.7 Å². The van der Waals surface area contributed by atoms with Crippen LogP contribution in [0.15, 0.2) is 54.1 Å². The van der Waals surface area contributed by atoms with Crippen LogP contribution in [-0.2, 0) is 14.3 Å². The van der Waals surface area contributed by atoms with Gasteiger partial charge in [-0.2, -0.15) is 5.26 Å². The van der Waals surface area contributed by atoms with Gasteiger partial charge in [0.25, 0.3) is 5.91 Å². The molecule has 4 rings (SSSR count). The number of aryl methyl sites for hydroxylation is 1. The fraction of sp³-hybridized carbons (Fsp3) is 0.214. The average molecular weight is 531 g/mol. The van der Waals surface area contributed by atoms with E-state index in [1.165, 1.54) is 6.08 Å². The molecule has 0 aliphatic carbocycles. The maximum absolute atomic E-state index is 12.5. The van der Waals surface area contributed by atoms with E-state index in [2.05, 4.69) is 10.6 Å². The van der Waals surface area contributed by atoms with E-state index in [1.54, 1.807) is 25.3 Å². The number of hydrogen-bond donors (Lipinski definition) is 2. The van der Waals surface area contributed by atoms with Gasteiger partial charge < -0.3 is 28.8 Å². The van der Waals surface area contributed by atoms with Gasteiger partial charge in [-0.25, -0.2) is 9.59 Å². The zero-order valence-corrected chi connectivity index (χ0v) is 21.6. The molecule has 0 fully saturated rings. The van der Waals surface area contributed by atoms with Crippen molar-refractivity contribution < 1.29 is 33.3 Å². The third-order valence-electron chi connectivity index (χ3n) is 5.83. The van der Waals surface area contributed by atoms with Crippen LogP contribution in [0.4, 0.5) is 10.5 Å². The molecule has 2 aromatic carbocycles. The summed E-state index contributed by atoms with van der Waals surface area (Å²) in [4.78, 5) is 36.8. The van der Waals surface area contributed by atoms with Crippen LogP contribution in [0.25, 0.3) is 11.8 Å². The first-order valence-corrected chi connectivity index (χ1v) is 11.9. The summed E-state index contributed by atoms with van der Waals surface area (Å²) in [7, 11) is 1.59. The fourth-order valence-corrected chi connectivity index (χ4v) is 4.01. The smallest absolute Gasteiger partial charge is 0.349 e. The minimum absolute atomic E-state index is 0.293. The summed E-state index contributed by atoms with van der Waals surface area (Å²) in [6, 6.07) is 15.1. The van der Waals surface area contributed by atoms with Crippen LogP contribution in [0.2, 0.25) is 0 Å². The number of benzene rings is 2. The lowest BCUT2D eigenvalue weighted by Gasteiger charge is -2.19. The molecular formula is C28H26N4O7. The summed E-state index contributed by atoms with van der Waals surface area (Å²) in [6.45, 7) is 3.83. The number of carbonyl (C=O) groups is 3. The molecular weight excluding hydrogens is 504 g/mol. The van der Waals surface area contributed by atoms with Gasteiger partial charge in [-0.05, 0) is 68.0 Å². The Labute approximate surface area is 224 Å². The first-order valence-electron chi connectivity index (χ1n) is 11.9. The number of ether oxygens (including phenoxy) is 4. The first-order chi connectivity index (χ1) is 18.8. The van der Waals surface area contributed by atoms with Gasteiger partial charge in [-0.3, -0.25) is 10.1 Å². The molecule has 200 valence electrons. The molecule has 1 aromatic heterocycles. The van der Waals surface area contributed by atoms with Crippen molar-refractivity contribution in [3.8, 4) is 29.0 Å². The summed E-state index contributed by atoms with van der Waals surface area (Å²) in [6.07, 6.45) is 1.40. The number of hydrogen-bond acceptors (Lipinski definition) is 8. The van der Waals surface area contributed by atoms with Gasteiger partial charge in [0.05, 0.1) is 7.11 Å². The minimum atomic E-state index is -0.992. The largest absolute Gasteiger partial charge is 0.497 e. The summed E-state index contributed by atoms with van der Waals surface area (Å²) in [5.74, 6) is -0.109. The zero-order chi connectivity index (χ0) is 27.9. The highest BCUT2D eigenvalue weighted by Gasteiger charge is 2.18. The Morgan fingerprint density at radius 1 is 1.05 bits per heavy atom. The SMILES string of the molecule is COc1ccc(-n2c(C)cc(/C=C(\C#N)C(=O)OCC(=O)NC(=O)Nc3ccc4c(c3)OCCO4)c2C)cc1. The predicted molar refractivity (Wildman–Crippen MR) is 141 cm³/mol. The zero-order valence-electron chi connectivity index (χ0n) is 21.6. The molecule has 0 atom stereocenters. The van der Waals surface area contributed by atoms with Crippen molar-refractivity contribution in [1.29, 1.82) is 5.26 Å². The quantitative estimate of drug-likeness (QED) is 0.268. The number of carbonyl (C=O) groups excluding carboxylic acids is 3. The molecule has 0 spiro atoms. The molecule has 2 N–H and O–H groups in total. The summed E-state index contributed by atoms with van der Waals surface area (Å²) in [5, 5.41) is 14.1. The van der Waals surface area contributed by atoms with Gasteiger partial charge in [-0.1, -0.05) is 0 Å². The Morgan fingerprint density at radius 2 is 1.77 bits per heavy atom. The van der Waals surface area contributed by atoms with Crippen LogP contribution >= 0.6 is 0 Å². The maximum atomic E-state index is 12.5. The van der Waals surface area contributed by atoms with Crippen LogP contribution in [-0.4, -0.2) is 49.4 Å². The topological polar surface area (TPSA) is 141 Å². The van der Waals surface area contributed by atoms with Gasteiger partial charge in [0.15, 0.2) is 18.1 Å². The van der Waals surface area contributed by atoms with Crippen molar-refractivity contribution in [2.75, 3.05) is 32.2 Å². The Bertz CT molecular complexity index is 1480. The number of nitriles is 1. The van der Waals surface area contributed by atoms with Crippen LogP contribution in [0, 0.1) is 25.2 Å². The lowest BCUT2D eigenvalue weighted by Crippen LogP contribution is -2.37. The Balaban J connectivity index is 1.35. The summed E-state index contributed by atoms with van der Waals surface area (Å²) >= 11 is 0. The van der Waals surface area contributed by atoms with Gasteiger partial charge in [-0.15, -0.1) is 0 Å². The molecule has 11 heteroatoms. The van der Waals surface area contributed by atoms with Crippen molar-refractivity contribution in [3.63, 3.8) is 0 Å². The molecule has 1 aliphatic rings. The van der Waals surface area contributed by atoms with E-state index in [-0.39, 0.29) is 5.57 Å². The van der Waals surface area contributed by atoms with Crippen LogP contribution < -0.4 is 24.8 Å². The van der Waals surface area contributed by atoms with Gasteiger partial charge in [0, 0.05) is 28.8 Å². The lowest BCUT2D eigenvalue weighted by atomic mass is 10.1. The molecule has 39 heavy (non-hydrogen) atoms. The number of nitrogens with zero attached hydrogens (tertiary/aromatic N) is 2. The number of amides is 3. The Kier molecular flexibility index (Phi) is 8.16. The number of imide groups is 1. The molecule has 0 radical (unpaired) electrons. The third-order valence-corrected chi connectivity index (χ3v) is 5.83. The highest BCUT2D eigenvalue weighted by molar-refractivity contribution is 6.03. The van der Waals surface area contributed by atoms with E-state index in [4.69, 9.17) is 18.9 Å². The number of methoxy groups -OCH3 is 1. The Morgan fingerprint density at radius 3 is 2.46 bits per heavy atom. The van der Waals surface area contributed by atoms with Crippen LogP contribution in [0.1, 0.15) is 17.0 Å². The molecule has 0 saturated heterocycles. The number of nitrogens with one attached hydrogen (secondary N) is 2. The average Bonchev–Trinajstić information content (AvgIpc) is 3.22. The maximum Gasteiger partial charge on any atom is 0.349 e. The third kappa shape index (κ3) is 6.37. The highest BCUT2D eigenvalue weighted by atomic mass is 16.6. The Hall–Kier alpha value is -5.24. The highest BCUT2D eigenvalue weighted by Crippen LogP contribution is 2.32. The monoisotopic (exact) mass is 530 g/mol. The van der Waals surface area contributed by atoms with Gasteiger partial charge in [0.1, 0.15) is 30.6 Å². The minimum Gasteiger partial charge on any atom is -0.497 e. The molecule has 0 bridgehead atoms. The van der Waals surface area contributed by atoms with Crippen molar-refractivity contribution in [3.05, 3.63) is 71.1 Å². The summed E-state index contributed by atoms with van der Waals surface area (Å²) < 4.78 is 23.0. The number of aromatic nitrogens is 1. The summed E-state index contributed by atoms with van der Waals surface area (Å²) in [5.41, 5.74) is 3.30. The number of anilines is 1. The van der Waals surface area contributed by atoms with Crippen molar-refractivity contribution in [1.82, 2.24) is 9.88 Å². The number of esters is 1. The van der Waals surface area contributed by atoms with Gasteiger partial charge >= 0.3 is 12.0 Å². The molecule has 3 amide bonds. The second kappa shape index (κ2) is 11.9. The molecule has 0 unspecified atom stereocenters. The van der Waals surface area contributed by atoms with E-state index >= 15 is 0 Å². The lowest BCUT2D eigenvalue weighted by molar-refractivity contribution is -0.144. The van der Waals surface area contributed by atoms with Crippen molar-refractivity contribution in [2.24, 2.45) is 0 Å². The number of fused-ring (bicyclic) bond motifs is 1. The van der Waals surface area contributed by atoms with E-state index in [0.717, 1.165) is 22.8 Å². The second-order valence-corrected chi connectivity index (χ2v) is 8.47. The molecule has 0 saturated carbocycles. The van der Waals surface area contributed by atoms with E-state index in [0.29, 0.717) is 36.0 Å². The number of rotatable bonds is 7. The van der Waals surface area contributed by atoms with Crippen LogP contribution in [0.5, 0.6) is 17.2 Å². The van der Waals surface area contributed by atoms with E-state index in [9.17, 15) is 19.6 Å². The van der Waals surface area contributed by atoms with Crippen LogP contribution in [0.3, 0.4) is 0 Å². The molecule has 11 nitrogen and oxygen atoms in total. The predicted octanol–water partition coefficient (Wildman–Crippen LogP) is 3.67. The molecule has 3 aromatic rings.